The van der Waals surface area contributed by atoms with E-state index >= 15 is 0 Å². The van der Waals surface area contributed by atoms with E-state index in [1.165, 1.54) is 24.3 Å². The zero-order valence-electron chi connectivity index (χ0n) is 16.1. The molecule has 2 atom stereocenters. The SMILES string of the molecule is Cc1cc(-c2ccc(OC(F)(F)F)cc2)nc([C@H]2CC[C@@]3(CCN(C)C3=O)N2)n1. The average molecular weight is 406 g/mol. The number of carbonyl (C=O) groups is 1. The summed E-state index contributed by atoms with van der Waals surface area (Å²) in [5, 5.41) is 3.44. The molecule has 0 saturated carbocycles. The van der Waals surface area contributed by atoms with Gasteiger partial charge in [0.1, 0.15) is 17.1 Å². The number of likely N-dealkylation sites (N-methyl/N-ethyl adjacent to an activating group) is 1. The number of hydrogen-bond acceptors (Lipinski definition) is 5. The lowest BCUT2D eigenvalue weighted by Gasteiger charge is -2.23. The lowest BCUT2D eigenvalue weighted by Crippen LogP contribution is -2.47. The summed E-state index contributed by atoms with van der Waals surface area (Å²) in [6, 6.07) is 7.22. The van der Waals surface area contributed by atoms with Gasteiger partial charge in [-0.1, -0.05) is 0 Å². The van der Waals surface area contributed by atoms with Gasteiger partial charge >= 0.3 is 6.36 Å². The van der Waals surface area contributed by atoms with Gasteiger partial charge in [-0.3, -0.25) is 10.1 Å². The molecule has 0 aliphatic carbocycles. The van der Waals surface area contributed by atoms with Crippen molar-refractivity contribution < 1.29 is 22.7 Å². The summed E-state index contributed by atoms with van der Waals surface area (Å²) < 4.78 is 40.9. The fourth-order valence-corrected chi connectivity index (χ4v) is 4.08. The third-order valence-electron chi connectivity index (χ3n) is 5.51. The molecule has 2 aliphatic rings. The molecule has 2 aliphatic heterocycles. The van der Waals surface area contributed by atoms with Gasteiger partial charge < -0.3 is 9.64 Å². The van der Waals surface area contributed by atoms with Crippen LogP contribution in [0, 0.1) is 6.92 Å². The van der Waals surface area contributed by atoms with Gasteiger partial charge in [0, 0.05) is 24.8 Å². The van der Waals surface area contributed by atoms with Gasteiger partial charge in [-0.15, -0.1) is 13.2 Å². The number of likely N-dealkylation sites (tertiary alicyclic amines) is 1. The van der Waals surface area contributed by atoms with Crippen LogP contribution in [0.5, 0.6) is 5.75 Å². The van der Waals surface area contributed by atoms with E-state index in [4.69, 9.17) is 0 Å². The molecule has 2 fully saturated rings. The molecule has 3 heterocycles. The number of ether oxygens (including phenoxy) is 1. The second-order valence-electron chi connectivity index (χ2n) is 7.62. The molecule has 0 unspecified atom stereocenters. The molecule has 1 amide bonds. The van der Waals surface area contributed by atoms with Crippen LogP contribution in [-0.4, -0.2) is 46.3 Å². The van der Waals surface area contributed by atoms with E-state index in [1.807, 2.05) is 6.92 Å². The number of nitrogens with one attached hydrogen (secondary N) is 1. The molecule has 0 bridgehead atoms. The molecule has 29 heavy (non-hydrogen) atoms. The molecular weight excluding hydrogens is 385 g/mol. The lowest BCUT2D eigenvalue weighted by molar-refractivity contribution is -0.274. The summed E-state index contributed by atoms with van der Waals surface area (Å²) in [5.74, 6) is 0.415. The highest BCUT2D eigenvalue weighted by atomic mass is 19.4. The Morgan fingerprint density at radius 1 is 1.21 bits per heavy atom. The van der Waals surface area contributed by atoms with Crippen LogP contribution in [0.25, 0.3) is 11.3 Å². The molecular formula is C20H21F3N4O2. The molecule has 0 radical (unpaired) electrons. The minimum Gasteiger partial charge on any atom is -0.406 e. The van der Waals surface area contributed by atoms with E-state index in [-0.39, 0.29) is 17.7 Å². The number of nitrogens with zero attached hydrogens (tertiary/aromatic N) is 3. The van der Waals surface area contributed by atoms with Crippen LogP contribution >= 0.6 is 0 Å². The van der Waals surface area contributed by atoms with Crippen molar-refractivity contribution in [1.29, 1.82) is 0 Å². The number of rotatable bonds is 3. The van der Waals surface area contributed by atoms with Crippen LogP contribution < -0.4 is 10.1 Å². The highest BCUT2D eigenvalue weighted by molar-refractivity contribution is 5.88. The molecule has 2 saturated heterocycles. The third kappa shape index (κ3) is 3.91. The quantitative estimate of drug-likeness (QED) is 0.847. The number of aryl methyl sites for hydroxylation is 1. The molecule has 1 aromatic carbocycles. The Morgan fingerprint density at radius 3 is 2.55 bits per heavy atom. The van der Waals surface area contributed by atoms with Gasteiger partial charge in [-0.2, -0.15) is 0 Å². The number of halogens is 3. The molecule has 154 valence electrons. The summed E-state index contributed by atoms with van der Waals surface area (Å²) in [5.41, 5.74) is 1.49. The van der Waals surface area contributed by atoms with E-state index in [9.17, 15) is 18.0 Å². The summed E-state index contributed by atoms with van der Waals surface area (Å²) >= 11 is 0. The molecule has 1 spiro atoms. The molecule has 6 nitrogen and oxygen atoms in total. The fourth-order valence-electron chi connectivity index (χ4n) is 4.08. The zero-order chi connectivity index (χ0) is 20.8. The van der Waals surface area contributed by atoms with Gasteiger partial charge in [0.05, 0.1) is 11.7 Å². The zero-order valence-corrected chi connectivity index (χ0v) is 16.1. The Balaban J connectivity index is 1.57. The van der Waals surface area contributed by atoms with Crippen LogP contribution in [0.15, 0.2) is 30.3 Å². The topological polar surface area (TPSA) is 67.3 Å². The van der Waals surface area contributed by atoms with E-state index in [0.29, 0.717) is 17.1 Å². The van der Waals surface area contributed by atoms with Gasteiger partial charge in [0.2, 0.25) is 5.91 Å². The molecule has 4 rings (SSSR count). The highest BCUT2D eigenvalue weighted by Crippen LogP contribution is 2.38. The summed E-state index contributed by atoms with van der Waals surface area (Å²) in [6.07, 6.45) is -2.48. The summed E-state index contributed by atoms with van der Waals surface area (Å²) in [6.45, 7) is 2.57. The Labute approximate surface area is 166 Å². The predicted molar refractivity (Wildman–Crippen MR) is 99.0 cm³/mol. The van der Waals surface area contributed by atoms with E-state index in [1.54, 1.807) is 18.0 Å². The fraction of sp³-hybridized carbons (Fsp3) is 0.450. The van der Waals surface area contributed by atoms with Crippen LogP contribution in [-0.2, 0) is 4.79 Å². The van der Waals surface area contributed by atoms with Crippen molar-refractivity contribution in [2.45, 2.75) is 44.1 Å². The number of hydrogen-bond donors (Lipinski definition) is 1. The van der Waals surface area contributed by atoms with Crippen molar-refractivity contribution in [2.75, 3.05) is 13.6 Å². The second kappa shape index (κ2) is 6.98. The third-order valence-corrected chi connectivity index (χ3v) is 5.51. The van der Waals surface area contributed by atoms with E-state index in [0.717, 1.165) is 31.5 Å². The minimum atomic E-state index is -4.73. The minimum absolute atomic E-state index is 0.105. The molecule has 9 heteroatoms. The van der Waals surface area contributed by atoms with Crippen molar-refractivity contribution in [3.63, 3.8) is 0 Å². The lowest BCUT2D eigenvalue weighted by atomic mass is 9.96. The monoisotopic (exact) mass is 406 g/mol. The smallest absolute Gasteiger partial charge is 0.406 e. The van der Waals surface area contributed by atoms with Crippen LogP contribution in [0.4, 0.5) is 13.2 Å². The predicted octanol–water partition coefficient (Wildman–Crippen LogP) is 3.38. The van der Waals surface area contributed by atoms with E-state index in [2.05, 4.69) is 20.0 Å². The normalized spacial score (nSPS) is 24.5. The average Bonchev–Trinajstić information content (AvgIpc) is 3.21. The van der Waals surface area contributed by atoms with E-state index < -0.39 is 11.9 Å². The highest BCUT2D eigenvalue weighted by Gasteiger charge is 2.50. The molecule has 2 aromatic rings. The van der Waals surface area contributed by atoms with Crippen molar-refractivity contribution in [2.24, 2.45) is 0 Å². The van der Waals surface area contributed by atoms with Gasteiger partial charge in [-0.25, -0.2) is 9.97 Å². The maximum atomic E-state index is 12.5. The summed E-state index contributed by atoms with van der Waals surface area (Å²) in [7, 11) is 1.81. The van der Waals surface area contributed by atoms with Gasteiger partial charge in [-0.05, 0) is 56.5 Å². The number of carbonyl (C=O) groups excluding carboxylic acids is 1. The number of aromatic nitrogens is 2. The number of amides is 1. The standard InChI is InChI=1S/C20H21F3N4O2/c1-12-11-16(13-3-5-14(6-4-13)29-20(21,22)23)25-17(24-12)15-7-8-19(26-15)9-10-27(2)18(19)28/h3-6,11,15,26H,7-10H2,1-2H3/t15-,19+/m1/s1. The number of benzene rings is 1. The van der Waals surface area contributed by atoms with Crippen molar-refractivity contribution >= 4 is 5.91 Å². The van der Waals surface area contributed by atoms with Gasteiger partial charge in [0.25, 0.3) is 0 Å². The Kier molecular flexibility index (Phi) is 4.72. The first-order valence-corrected chi connectivity index (χ1v) is 9.40. The van der Waals surface area contributed by atoms with Gasteiger partial charge in [0.15, 0.2) is 0 Å². The van der Waals surface area contributed by atoms with Crippen LogP contribution in [0.1, 0.15) is 36.8 Å². The summed E-state index contributed by atoms with van der Waals surface area (Å²) in [4.78, 5) is 23.4. The maximum absolute atomic E-state index is 12.5. The first kappa shape index (κ1) is 19.6. The van der Waals surface area contributed by atoms with Crippen molar-refractivity contribution in [3.05, 3.63) is 41.9 Å². The van der Waals surface area contributed by atoms with Crippen LogP contribution in [0.3, 0.4) is 0 Å². The first-order valence-electron chi connectivity index (χ1n) is 9.40. The largest absolute Gasteiger partial charge is 0.573 e. The maximum Gasteiger partial charge on any atom is 0.573 e. The Hall–Kier alpha value is -2.68. The Bertz CT molecular complexity index is 932. The molecule has 1 aromatic heterocycles. The van der Waals surface area contributed by atoms with Crippen molar-refractivity contribution in [1.82, 2.24) is 20.2 Å². The van der Waals surface area contributed by atoms with Crippen molar-refractivity contribution in [3.8, 4) is 17.0 Å². The second-order valence-corrected chi connectivity index (χ2v) is 7.62. The first-order chi connectivity index (χ1) is 13.7. The number of alkyl halides is 3. The Morgan fingerprint density at radius 2 is 1.93 bits per heavy atom. The molecule has 1 N–H and O–H groups in total. The van der Waals surface area contributed by atoms with Crippen LogP contribution in [0.2, 0.25) is 0 Å².